The lowest BCUT2D eigenvalue weighted by Crippen LogP contribution is -2.46. The van der Waals surface area contributed by atoms with Crippen LogP contribution in [0.1, 0.15) is 79.9 Å². The Kier molecular flexibility index (Phi) is 8.97. The highest BCUT2D eigenvalue weighted by Crippen LogP contribution is 2.21. The zero-order chi connectivity index (χ0) is 22.3. The highest BCUT2D eigenvalue weighted by molar-refractivity contribution is 5.68. The first kappa shape index (κ1) is 25.2. The van der Waals surface area contributed by atoms with E-state index in [1.54, 1.807) is 6.92 Å². The first-order valence-electron chi connectivity index (χ1n) is 10.3. The SMILES string of the molecule is CC(O)c1ccc(OCCC(C)(C)OCCC(C)(C)NC(=O)OC(C)(C)C)cc1. The number of hydrogen-bond donors (Lipinski definition) is 2. The van der Waals surface area contributed by atoms with Gasteiger partial charge >= 0.3 is 6.09 Å². The van der Waals surface area contributed by atoms with E-state index in [2.05, 4.69) is 5.32 Å². The van der Waals surface area contributed by atoms with Gasteiger partial charge in [0.1, 0.15) is 11.4 Å². The standard InChI is InChI=1S/C23H39NO5/c1-17(25)18-9-11-19(12-10-18)27-15-14-23(7,8)28-16-13-22(5,6)24-20(26)29-21(2,3)4/h9-12,17,25H,13-16H2,1-8H3,(H,24,26). The molecule has 0 aliphatic carbocycles. The van der Waals surface area contributed by atoms with Gasteiger partial charge in [-0.25, -0.2) is 4.79 Å². The zero-order valence-electron chi connectivity index (χ0n) is 19.3. The molecule has 1 atom stereocenters. The van der Waals surface area contributed by atoms with E-state index in [1.165, 1.54) is 0 Å². The summed E-state index contributed by atoms with van der Waals surface area (Å²) in [5, 5.41) is 12.4. The monoisotopic (exact) mass is 409 g/mol. The van der Waals surface area contributed by atoms with E-state index in [-0.39, 0.29) is 5.60 Å². The van der Waals surface area contributed by atoms with Gasteiger partial charge in [-0.15, -0.1) is 0 Å². The predicted octanol–water partition coefficient (Wildman–Crippen LogP) is 5.00. The van der Waals surface area contributed by atoms with Crippen molar-refractivity contribution in [3.63, 3.8) is 0 Å². The summed E-state index contributed by atoms with van der Waals surface area (Å²) in [6.45, 7) is 16.3. The summed E-state index contributed by atoms with van der Waals surface area (Å²) in [6, 6.07) is 7.45. The molecular formula is C23H39NO5. The number of aliphatic hydroxyl groups excluding tert-OH is 1. The van der Waals surface area contributed by atoms with Crippen LogP contribution in [0.5, 0.6) is 5.75 Å². The third-order valence-corrected chi connectivity index (χ3v) is 4.39. The molecule has 0 radical (unpaired) electrons. The second-order valence-corrected chi connectivity index (χ2v) is 9.71. The molecular weight excluding hydrogens is 370 g/mol. The van der Waals surface area contributed by atoms with Crippen LogP contribution in [0.4, 0.5) is 4.79 Å². The van der Waals surface area contributed by atoms with Crippen molar-refractivity contribution in [3.05, 3.63) is 29.8 Å². The number of amides is 1. The largest absolute Gasteiger partial charge is 0.493 e. The lowest BCUT2D eigenvalue weighted by molar-refractivity contribution is -0.0377. The first-order valence-corrected chi connectivity index (χ1v) is 10.3. The molecule has 0 heterocycles. The van der Waals surface area contributed by atoms with Crippen molar-refractivity contribution in [1.29, 1.82) is 0 Å². The highest BCUT2D eigenvalue weighted by atomic mass is 16.6. The summed E-state index contributed by atoms with van der Waals surface area (Å²) < 4.78 is 17.1. The van der Waals surface area contributed by atoms with Crippen molar-refractivity contribution >= 4 is 6.09 Å². The molecule has 166 valence electrons. The van der Waals surface area contributed by atoms with Crippen LogP contribution in [0.15, 0.2) is 24.3 Å². The molecule has 0 spiro atoms. The van der Waals surface area contributed by atoms with Gasteiger partial charge in [-0.2, -0.15) is 0 Å². The topological polar surface area (TPSA) is 77.0 Å². The Bertz CT molecular complexity index is 630. The molecule has 1 aromatic rings. The van der Waals surface area contributed by atoms with Crippen molar-refractivity contribution in [3.8, 4) is 5.75 Å². The van der Waals surface area contributed by atoms with Crippen LogP contribution in [0.3, 0.4) is 0 Å². The van der Waals surface area contributed by atoms with Crippen LogP contribution in [-0.4, -0.2) is 41.2 Å². The van der Waals surface area contributed by atoms with Crippen LogP contribution in [0.25, 0.3) is 0 Å². The molecule has 0 aliphatic heterocycles. The molecule has 1 rings (SSSR count). The summed E-state index contributed by atoms with van der Waals surface area (Å²) in [5.74, 6) is 0.771. The molecule has 0 aliphatic rings. The van der Waals surface area contributed by atoms with E-state index in [0.717, 1.165) is 17.7 Å². The number of carbonyl (C=O) groups is 1. The second-order valence-electron chi connectivity index (χ2n) is 9.71. The molecule has 0 saturated heterocycles. The van der Waals surface area contributed by atoms with Crippen LogP contribution >= 0.6 is 0 Å². The van der Waals surface area contributed by atoms with Crippen LogP contribution in [-0.2, 0) is 9.47 Å². The number of carbonyl (C=O) groups excluding carboxylic acids is 1. The van der Waals surface area contributed by atoms with Gasteiger partial charge in [0.05, 0.1) is 18.3 Å². The average molecular weight is 410 g/mol. The average Bonchev–Trinajstić information content (AvgIpc) is 2.52. The molecule has 1 aromatic carbocycles. The third kappa shape index (κ3) is 11.1. The predicted molar refractivity (Wildman–Crippen MR) is 115 cm³/mol. The third-order valence-electron chi connectivity index (χ3n) is 4.39. The molecule has 2 N–H and O–H groups in total. The summed E-state index contributed by atoms with van der Waals surface area (Å²) in [7, 11) is 0. The van der Waals surface area contributed by atoms with E-state index in [0.29, 0.717) is 19.6 Å². The van der Waals surface area contributed by atoms with Crippen molar-refractivity contribution in [2.24, 2.45) is 0 Å². The lowest BCUT2D eigenvalue weighted by Gasteiger charge is -2.31. The Labute approximate surface area is 175 Å². The van der Waals surface area contributed by atoms with E-state index < -0.39 is 23.3 Å². The maximum atomic E-state index is 12.0. The van der Waals surface area contributed by atoms with Crippen molar-refractivity contribution < 1.29 is 24.1 Å². The summed E-state index contributed by atoms with van der Waals surface area (Å²) in [5.41, 5.74) is -0.430. The number of benzene rings is 1. The number of nitrogens with one attached hydrogen (secondary N) is 1. The van der Waals surface area contributed by atoms with Gasteiger partial charge in [0.25, 0.3) is 0 Å². The van der Waals surface area contributed by atoms with E-state index >= 15 is 0 Å². The molecule has 0 bridgehead atoms. The van der Waals surface area contributed by atoms with Gasteiger partial charge < -0.3 is 24.6 Å². The van der Waals surface area contributed by atoms with Crippen molar-refractivity contribution in [2.45, 2.75) is 91.1 Å². The minimum atomic E-state index is -0.519. The first-order chi connectivity index (χ1) is 13.2. The van der Waals surface area contributed by atoms with Crippen molar-refractivity contribution in [1.82, 2.24) is 5.32 Å². The number of rotatable bonds is 10. The second kappa shape index (κ2) is 10.3. The number of ether oxygens (including phenoxy) is 3. The summed E-state index contributed by atoms with van der Waals surface area (Å²) in [4.78, 5) is 12.0. The molecule has 0 fully saturated rings. The van der Waals surface area contributed by atoms with Crippen LogP contribution < -0.4 is 10.1 Å². The summed E-state index contributed by atoms with van der Waals surface area (Å²) in [6.07, 6.45) is 0.491. The minimum Gasteiger partial charge on any atom is -0.493 e. The van der Waals surface area contributed by atoms with E-state index in [4.69, 9.17) is 14.2 Å². The van der Waals surface area contributed by atoms with Gasteiger partial charge in [0.2, 0.25) is 0 Å². The molecule has 6 heteroatoms. The Hall–Kier alpha value is -1.79. The fourth-order valence-corrected chi connectivity index (χ4v) is 2.55. The van der Waals surface area contributed by atoms with Gasteiger partial charge in [0.15, 0.2) is 0 Å². The molecule has 1 amide bonds. The maximum Gasteiger partial charge on any atom is 0.408 e. The fourth-order valence-electron chi connectivity index (χ4n) is 2.55. The van der Waals surface area contributed by atoms with Gasteiger partial charge in [-0.3, -0.25) is 0 Å². The Morgan fingerprint density at radius 3 is 2.10 bits per heavy atom. The fraction of sp³-hybridized carbons (Fsp3) is 0.696. The van der Waals surface area contributed by atoms with Crippen molar-refractivity contribution in [2.75, 3.05) is 13.2 Å². The van der Waals surface area contributed by atoms with E-state index in [1.807, 2.05) is 72.7 Å². The summed E-state index contributed by atoms with van der Waals surface area (Å²) >= 11 is 0. The highest BCUT2D eigenvalue weighted by Gasteiger charge is 2.26. The number of hydrogen-bond acceptors (Lipinski definition) is 5. The van der Waals surface area contributed by atoms with Gasteiger partial charge in [0, 0.05) is 18.6 Å². The molecule has 0 saturated carbocycles. The molecule has 1 unspecified atom stereocenters. The zero-order valence-corrected chi connectivity index (χ0v) is 19.3. The maximum absolute atomic E-state index is 12.0. The Balaban J connectivity index is 2.36. The lowest BCUT2D eigenvalue weighted by atomic mass is 10.0. The van der Waals surface area contributed by atoms with Gasteiger partial charge in [-0.1, -0.05) is 12.1 Å². The van der Waals surface area contributed by atoms with Crippen LogP contribution in [0, 0.1) is 0 Å². The minimum absolute atomic E-state index is 0.346. The Morgan fingerprint density at radius 1 is 1.00 bits per heavy atom. The molecule has 0 aromatic heterocycles. The molecule has 6 nitrogen and oxygen atoms in total. The number of aliphatic hydroxyl groups is 1. The Morgan fingerprint density at radius 2 is 1.59 bits per heavy atom. The van der Waals surface area contributed by atoms with E-state index in [9.17, 15) is 9.90 Å². The van der Waals surface area contributed by atoms with Gasteiger partial charge in [-0.05, 0) is 79.5 Å². The smallest absolute Gasteiger partial charge is 0.408 e. The molecule has 29 heavy (non-hydrogen) atoms. The normalized spacial score (nSPS) is 13.7. The van der Waals surface area contributed by atoms with Crippen LogP contribution in [0.2, 0.25) is 0 Å². The quantitative estimate of drug-likeness (QED) is 0.569. The number of alkyl carbamates (subject to hydrolysis) is 1.